The van der Waals surface area contributed by atoms with Crippen LogP contribution in [0, 0.1) is 0 Å². The fourth-order valence-electron chi connectivity index (χ4n) is 2.07. The van der Waals surface area contributed by atoms with Crippen molar-refractivity contribution >= 4 is 28.9 Å². The Labute approximate surface area is 123 Å². The number of nitrogens with zero attached hydrogens (tertiary/aromatic N) is 2. The second kappa shape index (κ2) is 5.85. The fourth-order valence-corrected chi connectivity index (χ4v) is 2.54. The lowest BCUT2D eigenvalue weighted by Crippen LogP contribution is -2.08. The molecule has 2 rings (SSSR count). The van der Waals surface area contributed by atoms with E-state index in [1.807, 2.05) is 30.1 Å². The Morgan fingerprint density at radius 1 is 1.37 bits per heavy atom. The van der Waals surface area contributed by atoms with Gasteiger partial charge in [-0.2, -0.15) is 5.10 Å². The Kier molecular flexibility index (Phi) is 4.38. The summed E-state index contributed by atoms with van der Waals surface area (Å²) in [6.07, 6.45) is 2.87. The molecular formula is C14H17Cl2N3. The first-order valence-electron chi connectivity index (χ1n) is 6.25. The van der Waals surface area contributed by atoms with E-state index in [1.54, 1.807) is 6.07 Å². The van der Waals surface area contributed by atoms with Crippen LogP contribution in [0.15, 0.2) is 24.4 Å². The minimum atomic E-state index is 0.0701. The maximum absolute atomic E-state index is 6.22. The van der Waals surface area contributed by atoms with Gasteiger partial charge in [0.2, 0.25) is 0 Å². The van der Waals surface area contributed by atoms with Gasteiger partial charge in [0, 0.05) is 23.3 Å². The van der Waals surface area contributed by atoms with Gasteiger partial charge in [0.05, 0.1) is 17.4 Å². The predicted octanol–water partition coefficient (Wildman–Crippen LogP) is 4.46. The summed E-state index contributed by atoms with van der Waals surface area (Å²) in [5, 5.41) is 9.26. The van der Waals surface area contributed by atoms with Crippen LogP contribution in [0.3, 0.4) is 0 Å². The first-order valence-corrected chi connectivity index (χ1v) is 7.00. The van der Waals surface area contributed by atoms with Crippen LogP contribution < -0.4 is 5.32 Å². The summed E-state index contributed by atoms with van der Waals surface area (Å²) >= 11 is 12.2. The zero-order valence-electron chi connectivity index (χ0n) is 11.2. The van der Waals surface area contributed by atoms with Gasteiger partial charge in [-0.3, -0.25) is 4.68 Å². The summed E-state index contributed by atoms with van der Waals surface area (Å²) in [6.45, 7) is 4.15. The molecule has 0 aliphatic heterocycles. The van der Waals surface area contributed by atoms with Gasteiger partial charge in [-0.15, -0.1) is 0 Å². The lowest BCUT2D eigenvalue weighted by atomic mass is 10.1. The highest BCUT2D eigenvalue weighted by molar-refractivity contribution is 6.33. The Morgan fingerprint density at radius 3 is 2.79 bits per heavy atom. The van der Waals surface area contributed by atoms with Gasteiger partial charge < -0.3 is 5.32 Å². The summed E-state index contributed by atoms with van der Waals surface area (Å²) in [5.41, 5.74) is 3.07. The minimum Gasteiger partial charge on any atom is -0.376 e. The van der Waals surface area contributed by atoms with E-state index in [2.05, 4.69) is 24.3 Å². The standard InChI is InChI=1S/C14H17Cl2N3/c1-4-13-14(8-19(3)18-13)17-9(2)11-7-10(15)5-6-12(11)16/h5-9,17H,4H2,1-3H3. The molecule has 19 heavy (non-hydrogen) atoms. The molecule has 0 aliphatic rings. The average molecular weight is 298 g/mol. The van der Waals surface area contributed by atoms with Crippen LogP contribution in [0.5, 0.6) is 0 Å². The molecule has 5 heteroatoms. The van der Waals surface area contributed by atoms with Crippen molar-refractivity contribution in [1.29, 1.82) is 0 Å². The van der Waals surface area contributed by atoms with E-state index in [0.717, 1.165) is 23.4 Å². The zero-order chi connectivity index (χ0) is 14.0. The number of aromatic nitrogens is 2. The third-order valence-corrected chi connectivity index (χ3v) is 3.62. The molecule has 1 aromatic heterocycles. The average Bonchev–Trinajstić information content (AvgIpc) is 2.72. The number of benzene rings is 1. The molecule has 1 aromatic carbocycles. The van der Waals surface area contributed by atoms with Gasteiger partial charge in [-0.25, -0.2) is 0 Å². The highest BCUT2D eigenvalue weighted by Gasteiger charge is 2.13. The van der Waals surface area contributed by atoms with Crippen molar-refractivity contribution in [3.05, 3.63) is 45.7 Å². The zero-order valence-corrected chi connectivity index (χ0v) is 12.8. The summed E-state index contributed by atoms with van der Waals surface area (Å²) in [6, 6.07) is 5.58. The van der Waals surface area contributed by atoms with Crippen LogP contribution in [-0.2, 0) is 13.5 Å². The van der Waals surface area contributed by atoms with Crippen molar-refractivity contribution in [3.63, 3.8) is 0 Å². The van der Waals surface area contributed by atoms with E-state index in [4.69, 9.17) is 23.2 Å². The van der Waals surface area contributed by atoms with Gasteiger partial charge in [-0.1, -0.05) is 30.1 Å². The normalized spacial score (nSPS) is 12.5. The number of hydrogen-bond acceptors (Lipinski definition) is 2. The topological polar surface area (TPSA) is 29.9 Å². The summed E-state index contributed by atoms with van der Waals surface area (Å²) in [7, 11) is 1.92. The van der Waals surface area contributed by atoms with Crippen molar-refractivity contribution in [1.82, 2.24) is 9.78 Å². The molecule has 2 aromatic rings. The molecule has 0 amide bonds. The van der Waals surface area contributed by atoms with Crippen LogP contribution in [0.1, 0.15) is 31.1 Å². The summed E-state index contributed by atoms with van der Waals surface area (Å²) in [4.78, 5) is 0. The van der Waals surface area contributed by atoms with Crippen molar-refractivity contribution in [2.45, 2.75) is 26.3 Å². The van der Waals surface area contributed by atoms with Gasteiger partial charge in [0.25, 0.3) is 0 Å². The second-order valence-electron chi connectivity index (χ2n) is 4.55. The molecule has 0 saturated heterocycles. The monoisotopic (exact) mass is 297 g/mol. The third kappa shape index (κ3) is 3.23. The van der Waals surface area contributed by atoms with Crippen molar-refractivity contribution in [2.75, 3.05) is 5.32 Å². The Morgan fingerprint density at radius 2 is 2.11 bits per heavy atom. The molecule has 0 saturated carbocycles. The molecule has 0 spiro atoms. The Balaban J connectivity index is 2.25. The molecular weight excluding hydrogens is 281 g/mol. The van der Waals surface area contributed by atoms with Gasteiger partial charge in [0.15, 0.2) is 0 Å². The molecule has 0 fully saturated rings. The highest BCUT2D eigenvalue weighted by atomic mass is 35.5. The lowest BCUT2D eigenvalue weighted by Gasteiger charge is -2.17. The predicted molar refractivity (Wildman–Crippen MR) is 81.1 cm³/mol. The SMILES string of the molecule is CCc1nn(C)cc1NC(C)c1cc(Cl)ccc1Cl. The first kappa shape index (κ1) is 14.2. The van der Waals surface area contributed by atoms with E-state index in [-0.39, 0.29) is 6.04 Å². The number of halogens is 2. The highest BCUT2D eigenvalue weighted by Crippen LogP contribution is 2.29. The van der Waals surface area contributed by atoms with Crippen LogP contribution >= 0.6 is 23.2 Å². The Hall–Kier alpha value is -1.19. The van der Waals surface area contributed by atoms with E-state index in [9.17, 15) is 0 Å². The van der Waals surface area contributed by atoms with Crippen LogP contribution in [0.25, 0.3) is 0 Å². The second-order valence-corrected chi connectivity index (χ2v) is 5.39. The molecule has 102 valence electrons. The van der Waals surface area contributed by atoms with Crippen molar-refractivity contribution in [2.24, 2.45) is 7.05 Å². The maximum Gasteiger partial charge on any atom is 0.0853 e. The van der Waals surface area contributed by atoms with Crippen molar-refractivity contribution in [3.8, 4) is 0 Å². The van der Waals surface area contributed by atoms with E-state index in [0.29, 0.717) is 10.0 Å². The molecule has 1 N–H and O–H groups in total. The summed E-state index contributed by atoms with van der Waals surface area (Å²) < 4.78 is 1.81. The fraction of sp³-hybridized carbons (Fsp3) is 0.357. The van der Waals surface area contributed by atoms with E-state index >= 15 is 0 Å². The lowest BCUT2D eigenvalue weighted by molar-refractivity contribution is 0.746. The molecule has 0 radical (unpaired) electrons. The van der Waals surface area contributed by atoms with Gasteiger partial charge in [-0.05, 0) is 37.1 Å². The number of rotatable bonds is 4. The van der Waals surface area contributed by atoms with Crippen LogP contribution in [0.2, 0.25) is 10.0 Å². The van der Waals surface area contributed by atoms with E-state index in [1.165, 1.54) is 0 Å². The number of nitrogens with one attached hydrogen (secondary N) is 1. The van der Waals surface area contributed by atoms with Crippen LogP contribution in [-0.4, -0.2) is 9.78 Å². The van der Waals surface area contributed by atoms with Crippen LogP contribution in [0.4, 0.5) is 5.69 Å². The molecule has 1 unspecified atom stereocenters. The molecule has 0 aliphatic carbocycles. The quantitative estimate of drug-likeness (QED) is 0.903. The molecule has 1 atom stereocenters. The largest absolute Gasteiger partial charge is 0.376 e. The smallest absolute Gasteiger partial charge is 0.0853 e. The molecule has 0 bridgehead atoms. The van der Waals surface area contributed by atoms with E-state index < -0.39 is 0 Å². The maximum atomic E-state index is 6.22. The Bertz CT molecular complexity index is 578. The summed E-state index contributed by atoms with van der Waals surface area (Å²) in [5.74, 6) is 0. The van der Waals surface area contributed by atoms with Gasteiger partial charge >= 0.3 is 0 Å². The van der Waals surface area contributed by atoms with Crippen molar-refractivity contribution < 1.29 is 0 Å². The molecule has 1 heterocycles. The number of hydrogen-bond donors (Lipinski definition) is 1. The minimum absolute atomic E-state index is 0.0701. The first-order chi connectivity index (χ1) is 9.01. The third-order valence-electron chi connectivity index (χ3n) is 3.04. The number of aryl methyl sites for hydroxylation is 2. The van der Waals surface area contributed by atoms with Gasteiger partial charge in [0.1, 0.15) is 0 Å². The number of anilines is 1. The molecule has 3 nitrogen and oxygen atoms in total.